The van der Waals surface area contributed by atoms with Crippen molar-refractivity contribution in [3.63, 3.8) is 0 Å². The smallest absolute Gasteiger partial charge is 0.270 e. The zero-order chi connectivity index (χ0) is 14.1. The summed E-state index contributed by atoms with van der Waals surface area (Å²) >= 11 is 1.47. The molecule has 2 N–H and O–H groups in total. The van der Waals surface area contributed by atoms with E-state index in [1.165, 1.54) is 23.5 Å². The third-order valence-corrected chi connectivity index (χ3v) is 3.78. The maximum atomic E-state index is 10.8. The molecule has 0 bridgehead atoms. The Balaban J connectivity index is 1.99. The first-order valence-corrected chi connectivity index (χ1v) is 6.79. The van der Waals surface area contributed by atoms with Gasteiger partial charge in [-0.05, 0) is 6.54 Å². The lowest BCUT2D eigenvalue weighted by Gasteiger charge is -1.96. The summed E-state index contributed by atoms with van der Waals surface area (Å²) < 4.78 is 1.68. The van der Waals surface area contributed by atoms with Gasteiger partial charge in [0.15, 0.2) is 0 Å². The number of fused-ring (bicyclic) bond motifs is 1. The summed E-state index contributed by atoms with van der Waals surface area (Å²) in [6.45, 7) is 0.550. The molecule has 20 heavy (non-hydrogen) atoms. The average molecular weight is 289 g/mol. The highest BCUT2D eigenvalue weighted by Crippen LogP contribution is 2.25. The first kappa shape index (κ1) is 12.7. The van der Waals surface area contributed by atoms with Gasteiger partial charge >= 0.3 is 0 Å². The van der Waals surface area contributed by atoms with Crippen molar-refractivity contribution in [2.24, 2.45) is 5.73 Å². The fourth-order valence-electron chi connectivity index (χ4n) is 1.88. The first-order chi connectivity index (χ1) is 9.67. The molecule has 2 heterocycles. The molecule has 0 unspecified atom stereocenters. The Hall–Kier alpha value is -2.32. The number of hydrogen-bond acceptors (Lipinski definition) is 6. The van der Waals surface area contributed by atoms with Crippen molar-refractivity contribution in [3.8, 4) is 11.3 Å². The molecule has 0 atom stereocenters. The van der Waals surface area contributed by atoms with E-state index < -0.39 is 4.92 Å². The standard InChI is InChI=1S/C12H11N5O2S/c13-5-4-11-15-16-7-10(14-12(16)20-11)8-2-1-3-9(6-8)17(18)19/h1-3,6-7H,4-5,13H2. The van der Waals surface area contributed by atoms with Gasteiger partial charge in [0.2, 0.25) is 4.96 Å². The van der Waals surface area contributed by atoms with E-state index in [-0.39, 0.29) is 5.69 Å². The van der Waals surface area contributed by atoms with Gasteiger partial charge in [0, 0.05) is 24.1 Å². The summed E-state index contributed by atoms with van der Waals surface area (Å²) in [6.07, 6.45) is 2.49. The molecule has 2 aromatic heterocycles. The summed E-state index contributed by atoms with van der Waals surface area (Å²) in [7, 11) is 0. The van der Waals surface area contributed by atoms with E-state index in [4.69, 9.17) is 5.73 Å². The minimum Gasteiger partial charge on any atom is -0.330 e. The van der Waals surface area contributed by atoms with Crippen molar-refractivity contribution in [1.82, 2.24) is 14.6 Å². The van der Waals surface area contributed by atoms with Crippen LogP contribution < -0.4 is 5.73 Å². The molecule has 3 rings (SSSR count). The Morgan fingerprint density at radius 2 is 2.30 bits per heavy atom. The number of nitrogens with two attached hydrogens (primary N) is 1. The maximum Gasteiger partial charge on any atom is 0.270 e. The summed E-state index contributed by atoms with van der Waals surface area (Å²) in [5, 5.41) is 16.1. The minimum absolute atomic E-state index is 0.0515. The zero-order valence-corrected chi connectivity index (χ0v) is 11.2. The SMILES string of the molecule is NCCc1nn2cc(-c3cccc([N+](=O)[O-])c3)nc2s1. The van der Waals surface area contributed by atoms with Crippen LogP contribution in [0.2, 0.25) is 0 Å². The van der Waals surface area contributed by atoms with E-state index in [0.717, 1.165) is 16.4 Å². The van der Waals surface area contributed by atoms with Gasteiger partial charge in [0.05, 0.1) is 16.8 Å². The van der Waals surface area contributed by atoms with Crippen LogP contribution in [0.25, 0.3) is 16.2 Å². The summed E-state index contributed by atoms with van der Waals surface area (Å²) in [5.74, 6) is 0. The Labute approximate surface area is 117 Å². The molecule has 8 heteroatoms. The molecule has 1 aromatic carbocycles. The number of hydrogen-bond donors (Lipinski definition) is 1. The van der Waals surface area contributed by atoms with Crippen LogP contribution >= 0.6 is 11.3 Å². The van der Waals surface area contributed by atoms with Gasteiger partial charge in [-0.2, -0.15) is 5.10 Å². The Kier molecular flexibility index (Phi) is 3.17. The van der Waals surface area contributed by atoms with Gasteiger partial charge in [-0.1, -0.05) is 23.5 Å². The fourth-order valence-corrected chi connectivity index (χ4v) is 2.77. The predicted molar refractivity (Wildman–Crippen MR) is 75.7 cm³/mol. The molecule has 0 amide bonds. The molecule has 0 spiro atoms. The molecule has 0 aliphatic rings. The number of non-ortho nitro benzene ring substituents is 1. The van der Waals surface area contributed by atoms with E-state index in [0.29, 0.717) is 17.8 Å². The summed E-state index contributed by atoms with van der Waals surface area (Å²) in [6, 6.07) is 6.40. The van der Waals surface area contributed by atoms with E-state index in [9.17, 15) is 10.1 Å². The van der Waals surface area contributed by atoms with E-state index >= 15 is 0 Å². The van der Waals surface area contributed by atoms with Crippen LogP contribution in [0, 0.1) is 10.1 Å². The number of rotatable bonds is 4. The van der Waals surface area contributed by atoms with Gasteiger partial charge in [-0.3, -0.25) is 10.1 Å². The van der Waals surface area contributed by atoms with Crippen molar-refractivity contribution in [2.45, 2.75) is 6.42 Å². The molecule has 0 fully saturated rings. The summed E-state index contributed by atoms with van der Waals surface area (Å²) in [4.78, 5) is 15.6. The highest BCUT2D eigenvalue weighted by molar-refractivity contribution is 7.16. The molecule has 102 valence electrons. The Morgan fingerprint density at radius 3 is 3.00 bits per heavy atom. The van der Waals surface area contributed by atoms with E-state index in [1.54, 1.807) is 22.8 Å². The van der Waals surface area contributed by atoms with E-state index in [2.05, 4.69) is 10.1 Å². The molecule has 7 nitrogen and oxygen atoms in total. The van der Waals surface area contributed by atoms with E-state index in [1.807, 2.05) is 0 Å². The number of aromatic nitrogens is 3. The van der Waals surface area contributed by atoms with Crippen molar-refractivity contribution >= 4 is 22.0 Å². The second kappa shape index (κ2) is 4.99. The van der Waals surface area contributed by atoms with Crippen LogP contribution in [0.5, 0.6) is 0 Å². The van der Waals surface area contributed by atoms with Crippen LogP contribution in [0.1, 0.15) is 5.01 Å². The molecular weight excluding hydrogens is 278 g/mol. The molecule has 0 saturated carbocycles. The van der Waals surface area contributed by atoms with Crippen LogP contribution in [0.15, 0.2) is 30.5 Å². The Bertz CT molecular complexity index is 748. The topological polar surface area (TPSA) is 99.3 Å². The molecule has 0 radical (unpaired) electrons. The molecule has 3 aromatic rings. The number of nitro benzene ring substituents is 1. The van der Waals surface area contributed by atoms with Crippen molar-refractivity contribution < 1.29 is 4.92 Å². The number of imidazole rings is 1. The second-order valence-electron chi connectivity index (χ2n) is 4.20. The number of benzene rings is 1. The first-order valence-electron chi connectivity index (χ1n) is 5.97. The highest BCUT2D eigenvalue weighted by Gasteiger charge is 2.12. The lowest BCUT2D eigenvalue weighted by atomic mass is 10.1. The van der Waals surface area contributed by atoms with Crippen LogP contribution in [-0.4, -0.2) is 26.1 Å². The molecule has 0 saturated heterocycles. The molecular formula is C12H11N5O2S. The lowest BCUT2D eigenvalue weighted by molar-refractivity contribution is -0.384. The largest absolute Gasteiger partial charge is 0.330 e. The third-order valence-electron chi connectivity index (χ3n) is 2.80. The molecule has 0 aliphatic carbocycles. The van der Waals surface area contributed by atoms with Crippen LogP contribution in [0.3, 0.4) is 0 Å². The highest BCUT2D eigenvalue weighted by atomic mass is 32.1. The van der Waals surface area contributed by atoms with Crippen molar-refractivity contribution in [3.05, 3.63) is 45.6 Å². The monoisotopic (exact) mass is 289 g/mol. The van der Waals surface area contributed by atoms with Gasteiger partial charge in [0.25, 0.3) is 5.69 Å². The summed E-state index contributed by atoms with van der Waals surface area (Å²) in [5.41, 5.74) is 6.92. The van der Waals surface area contributed by atoms with Gasteiger partial charge < -0.3 is 5.73 Å². The van der Waals surface area contributed by atoms with Gasteiger partial charge in [-0.15, -0.1) is 0 Å². The second-order valence-corrected chi connectivity index (χ2v) is 5.24. The minimum atomic E-state index is -0.417. The quantitative estimate of drug-likeness (QED) is 0.584. The van der Waals surface area contributed by atoms with Gasteiger partial charge in [0.1, 0.15) is 5.01 Å². The maximum absolute atomic E-state index is 10.8. The zero-order valence-electron chi connectivity index (χ0n) is 10.4. The van der Waals surface area contributed by atoms with Crippen molar-refractivity contribution in [1.29, 1.82) is 0 Å². The number of nitro groups is 1. The Morgan fingerprint density at radius 1 is 1.45 bits per heavy atom. The van der Waals surface area contributed by atoms with Crippen LogP contribution in [0.4, 0.5) is 5.69 Å². The van der Waals surface area contributed by atoms with Crippen molar-refractivity contribution in [2.75, 3.05) is 6.54 Å². The predicted octanol–water partition coefficient (Wildman–Crippen LogP) is 1.87. The lowest BCUT2D eigenvalue weighted by Crippen LogP contribution is -2.02. The fraction of sp³-hybridized carbons (Fsp3) is 0.167. The van der Waals surface area contributed by atoms with Gasteiger partial charge in [-0.25, -0.2) is 9.50 Å². The average Bonchev–Trinajstić information content (AvgIpc) is 2.97. The van der Waals surface area contributed by atoms with Crippen LogP contribution in [-0.2, 0) is 6.42 Å². The normalized spacial score (nSPS) is 11.1. The third kappa shape index (κ3) is 2.26. The number of nitrogens with zero attached hydrogens (tertiary/aromatic N) is 4. The molecule has 0 aliphatic heterocycles.